The van der Waals surface area contributed by atoms with Crippen molar-refractivity contribution in [3.63, 3.8) is 0 Å². The van der Waals surface area contributed by atoms with Crippen LogP contribution in [0.2, 0.25) is 0 Å². The molecule has 0 spiro atoms. The van der Waals surface area contributed by atoms with Gasteiger partial charge in [-0.25, -0.2) is 4.79 Å². The Morgan fingerprint density at radius 1 is 1.11 bits per heavy atom. The molecule has 8 heteroatoms. The molecule has 0 aliphatic heterocycles. The number of hydrazone groups is 1. The third-order valence-corrected chi connectivity index (χ3v) is 3.57. The van der Waals surface area contributed by atoms with E-state index in [0.29, 0.717) is 29.4 Å². The van der Waals surface area contributed by atoms with Crippen molar-refractivity contribution in [2.45, 2.75) is 6.92 Å². The number of anilines is 1. The average molecular weight is 385 g/mol. The number of ether oxygens (including phenoxy) is 3. The molecule has 0 bridgehead atoms. The molecule has 2 rings (SSSR count). The van der Waals surface area contributed by atoms with Gasteiger partial charge in [0.15, 0.2) is 18.1 Å². The number of benzene rings is 2. The van der Waals surface area contributed by atoms with Gasteiger partial charge in [-0.15, -0.1) is 0 Å². The third-order valence-electron chi connectivity index (χ3n) is 3.57. The minimum atomic E-state index is -0.404. The minimum Gasteiger partial charge on any atom is -0.493 e. The standard InChI is InChI=1S/C20H23N3O5/c1-4-27-20(25)15-6-8-16(9-7-15)23-19(24)13-28-17-10-5-14(12-22-21-2)11-18(17)26-3/h5-12,21H,4,13H2,1-3H3,(H,23,24)/b22-12+. The number of amides is 1. The Bertz CT molecular complexity index is 834. The summed E-state index contributed by atoms with van der Waals surface area (Å²) in [5, 5.41) is 6.63. The lowest BCUT2D eigenvalue weighted by atomic mass is 10.2. The largest absolute Gasteiger partial charge is 0.493 e. The number of nitrogens with one attached hydrogen (secondary N) is 2. The molecule has 0 unspecified atom stereocenters. The summed E-state index contributed by atoms with van der Waals surface area (Å²) >= 11 is 0. The van der Waals surface area contributed by atoms with Crippen molar-refractivity contribution >= 4 is 23.8 Å². The van der Waals surface area contributed by atoms with E-state index in [1.807, 2.05) is 0 Å². The molecule has 0 saturated heterocycles. The van der Waals surface area contributed by atoms with Crippen LogP contribution in [0.5, 0.6) is 11.5 Å². The molecule has 0 aromatic heterocycles. The van der Waals surface area contributed by atoms with Gasteiger partial charge >= 0.3 is 5.97 Å². The Kier molecular flexibility index (Phi) is 7.83. The van der Waals surface area contributed by atoms with E-state index in [9.17, 15) is 9.59 Å². The van der Waals surface area contributed by atoms with Gasteiger partial charge in [0.1, 0.15) is 0 Å². The Morgan fingerprint density at radius 3 is 2.50 bits per heavy atom. The third kappa shape index (κ3) is 6.01. The predicted molar refractivity (Wildman–Crippen MR) is 106 cm³/mol. The van der Waals surface area contributed by atoms with E-state index in [-0.39, 0.29) is 12.5 Å². The normalized spacial score (nSPS) is 10.4. The second-order valence-electron chi connectivity index (χ2n) is 5.53. The first-order chi connectivity index (χ1) is 13.6. The van der Waals surface area contributed by atoms with E-state index in [1.54, 1.807) is 62.7 Å². The number of carbonyl (C=O) groups excluding carboxylic acids is 2. The van der Waals surface area contributed by atoms with Gasteiger partial charge in [-0.1, -0.05) is 0 Å². The van der Waals surface area contributed by atoms with Crippen LogP contribution in [0.25, 0.3) is 0 Å². The van der Waals surface area contributed by atoms with Crippen LogP contribution in [0, 0.1) is 0 Å². The molecule has 0 aliphatic rings. The van der Waals surface area contributed by atoms with Crippen molar-refractivity contribution in [3.8, 4) is 11.5 Å². The van der Waals surface area contributed by atoms with E-state index in [4.69, 9.17) is 14.2 Å². The van der Waals surface area contributed by atoms with E-state index >= 15 is 0 Å². The van der Waals surface area contributed by atoms with Crippen LogP contribution in [0.15, 0.2) is 47.6 Å². The SMILES string of the molecule is CCOC(=O)c1ccc(NC(=O)COc2ccc(/C=N/NC)cc2OC)cc1. The summed E-state index contributed by atoms with van der Waals surface area (Å²) in [6.45, 7) is 1.85. The lowest BCUT2D eigenvalue weighted by molar-refractivity contribution is -0.118. The van der Waals surface area contributed by atoms with E-state index in [0.717, 1.165) is 5.56 Å². The second kappa shape index (κ2) is 10.6. The molecule has 1 amide bonds. The average Bonchev–Trinajstić information content (AvgIpc) is 2.71. The molecule has 148 valence electrons. The first-order valence-corrected chi connectivity index (χ1v) is 8.65. The zero-order valence-corrected chi connectivity index (χ0v) is 16.0. The maximum atomic E-state index is 12.1. The molecule has 2 aromatic carbocycles. The first kappa shape index (κ1) is 20.8. The van der Waals surface area contributed by atoms with Crippen LogP contribution < -0.4 is 20.2 Å². The van der Waals surface area contributed by atoms with Crippen LogP contribution in [-0.2, 0) is 9.53 Å². The summed E-state index contributed by atoms with van der Waals surface area (Å²) in [4.78, 5) is 23.7. The highest BCUT2D eigenvalue weighted by molar-refractivity contribution is 5.93. The summed E-state index contributed by atoms with van der Waals surface area (Å²) in [5.41, 5.74) is 4.46. The number of hydrogen-bond donors (Lipinski definition) is 2. The van der Waals surface area contributed by atoms with Gasteiger partial charge in [0.2, 0.25) is 0 Å². The second-order valence-corrected chi connectivity index (χ2v) is 5.53. The van der Waals surface area contributed by atoms with Crippen LogP contribution in [0.3, 0.4) is 0 Å². The van der Waals surface area contributed by atoms with Crippen molar-refractivity contribution in [2.75, 3.05) is 32.7 Å². The number of nitrogens with zero attached hydrogens (tertiary/aromatic N) is 1. The zero-order valence-electron chi connectivity index (χ0n) is 16.0. The van der Waals surface area contributed by atoms with Crippen LogP contribution in [-0.4, -0.2) is 45.5 Å². The molecule has 0 heterocycles. The van der Waals surface area contributed by atoms with Gasteiger partial charge in [-0.2, -0.15) is 5.10 Å². The number of hydrogen-bond acceptors (Lipinski definition) is 7. The van der Waals surface area contributed by atoms with Crippen molar-refractivity contribution < 1.29 is 23.8 Å². The summed E-state index contributed by atoms with van der Waals surface area (Å²) < 4.78 is 15.8. The van der Waals surface area contributed by atoms with Gasteiger partial charge in [-0.3, -0.25) is 4.79 Å². The Hall–Kier alpha value is -3.55. The van der Waals surface area contributed by atoms with E-state index in [2.05, 4.69) is 15.8 Å². The minimum absolute atomic E-state index is 0.195. The fourth-order valence-electron chi connectivity index (χ4n) is 2.27. The van der Waals surface area contributed by atoms with Crippen LogP contribution >= 0.6 is 0 Å². The van der Waals surface area contributed by atoms with E-state index < -0.39 is 5.97 Å². The summed E-state index contributed by atoms with van der Waals surface area (Å²) in [6, 6.07) is 11.7. The highest BCUT2D eigenvalue weighted by atomic mass is 16.5. The molecule has 8 nitrogen and oxygen atoms in total. The smallest absolute Gasteiger partial charge is 0.338 e. The molecule has 2 N–H and O–H groups in total. The molecule has 0 radical (unpaired) electrons. The molecular formula is C20H23N3O5. The monoisotopic (exact) mass is 385 g/mol. The summed E-state index contributed by atoms with van der Waals surface area (Å²) in [6.07, 6.45) is 1.64. The van der Waals surface area contributed by atoms with Gasteiger partial charge in [-0.05, 0) is 55.0 Å². The lowest BCUT2D eigenvalue weighted by Crippen LogP contribution is -2.20. The quantitative estimate of drug-likeness (QED) is 0.391. The predicted octanol–water partition coefficient (Wildman–Crippen LogP) is 2.44. The van der Waals surface area contributed by atoms with Crippen molar-refractivity contribution in [2.24, 2.45) is 5.10 Å². The molecule has 0 fully saturated rings. The van der Waals surface area contributed by atoms with Gasteiger partial charge in [0, 0.05) is 12.7 Å². The Labute approximate surface area is 163 Å². The first-order valence-electron chi connectivity index (χ1n) is 8.65. The topological polar surface area (TPSA) is 98.2 Å². The zero-order chi connectivity index (χ0) is 20.4. The lowest BCUT2D eigenvalue weighted by Gasteiger charge is -2.11. The number of carbonyl (C=O) groups is 2. The van der Waals surface area contributed by atoms with Gasteiger partial charge < -0.3 is 25.0 Å². The Balaban J connectivity index is 1.93. The highest BCUT2D eigenvalue weighted by Gasteiger charge is 2.10. The van der Waals surface area contributed by atoms with Crippen molar-refractivity contribution in [1.82, 2.24) is 5.43 Å². The number of esters is 1. The summed E-state index contributed by atoms with van der Waals surface area (Å²) in [5.74, 6) is 0.189. The molecule has 0 aliphatic carbocycles. The fourth-order valence-corrected chi connectivity index (χ4v) is 2.27. The maximum absolute atomic E-state index is 12.1. The maximum Gasteiger partial charge on any atom is 0.338 e. The molecular weight excluding hydrogens is 362 g/mol. The van der Waals surface area contributed by atoms with Crippen molar-refractivity contribution in [1.29, 1.82) is 0 Å². The molecule has 0 atom stereocenters. The molecule has 0 saturated carbocycles. The van der Waals surface area contributed by atoms with Crippen LogP contribution in [0.4, 0.5) is 5.69 Å². The van der Waals surface area contributed by atoms with Gasteiger partial charge in [0.05, 0.1) is 25.5 Å². The van der Waals surface area contributed by atoms with Crippen molar-refractivity contribution in [3.05, 3.63) is 53.6 Å². The van der Waals surface area contributed by atoms with Gasteiger partial charge in [0.25, 0.3) is 5.91 Å². The highest BCUT2D eigenvalue weighted by Crippen LogP contribution is 2.27. The number of rotatable bonds is 9. The Morgan fingerprint density at radius 2 is 1.86 bits per heavy atom. The fraction of sp³-hybridized carbons (Fsp3) is 0.250. The molecule has 28 heavy (non-hydrogen) atoms. The van der Waals surface area contributed by atoms with Crippen LogP contribution in [0.1, 0.15) is 22.8 Å². The van der Waals surface area contributed by atoms with E-state index in [1.165, 1.54) is 7.11 Å². The number of methoxy groups -OCH3 is 1. The summed E-state index contributed by atoms with van der Waals surface area (Å²) in [7, 11) is 3.22. The molecule has 2 aromatic rings.